The Morgan fingerprint density at radius 3 is 2.70 bits per heavy atom. The highest BCUT2D eigenvalue weighted by Gasteiger charge is 2.61. The fraction of sp³-hybridized carbons (Fsp3) is 0.750. The maximum absolute atomic E-state index is 11.8. The van der Waals surface area contributed by atoms with Crippen molar-refractivity contribution in [2.24, 2.45) is 17.3 Å². The van der Waals surface area contributed by atoms with E-state index in [-0.39, 0.29) is 5.41 Å². The lowest BCUT2D eigenvalue weighted by molar-refractivity contribution is -0.118. The largest absolute Gasteiger partial charge is 0.508 e. The van der Waals surface area contributed by atoms with Gasteiger partial charge >= 0.3 is 0 Å². The van der Waals surface area contributed by atoms with Crippen molar-refractivity contribution in [2.75, 3.05) is 19.6 Å². The maximum atomic E-state index is 11.8. The number of hydrogen-bond donors (Lipinski definition) is 2. The Kier molecular flexibility index (Phi) is 4.32. The van der Waals surface area contributed by atoms with Crippen LogP contribution in [0, 0.1) is 17.3 Å². The zero-order chi connectivity index (χ0) is 18.6. The Hall–Kier alpha value is -1.06. The summed E-state index contributed by atoms with van der Waals surface area (Å²) >= 11 is 0. The molecule has 2 saturated carbocycles. The molecule has 2 N–H and O–H groups in total. The third kappa shape index (κ3) is 2.76. The molecule has 3 fully saturated rings. The molecule has 4 aliphatic rings. The smallest absolute Gasteiger partial charge is 0.115 e. The van der Waals surface area contributed by atoms with Gasteiger partial charge in [0.15, 0.2) is 0 Å². The van der Waals surface area contributed by atoms with Crippen LogP contribution in [0.2, 0.25) is 0 Å². The van der Waals surface area contributed by atoms with Crippen molar-refractivity contribution in [2.45, 2.75) is 76.2 Å². The molecular formula is C24H35NO2. The van der Waals surface area contributed by atoms with Gasteiger partial charge in [-0.3, -0.25) is 0 Å². The standard InChI is InChI=1S/C24H35NO2/c1-23-11-9-20-19-8-6-18(26)15-17(19)5-7-21(20)22(23)10-12-24(23,27)16-25-13-3-2-4-14-25/h6,8,15,20-22,26-27H,2-5,7,9-14,16H2,1H3/t20-,21-,22+,23+,24?/m1/s1. The highest BCUT2D eigenvalue weighted by Crippen LogP contribution is 2.64. The minimum absolute atomic E-state index is 0.0695. The van der Waals surface area contributed by atoms with Crippen molar-refractivity contribution in [1.29, 1.82) is 0 Å². The zero-order valence-electron chi connectivity index (χ0n) is 16.8. The second-order valence-electron chi connectivity index (χ2n) is 10.2. The third-order valence-electron chi connectivity index (χ3n) is 8.97. The summed E-state index contributed by atoms with van der Waals surface area (Å²) in [5.41, 5.74) is 2.41. The van der Waals surface area contributed by atoms with Gasteiger partial charge in [-0.2, -0.15) is 0 Å². The molecule has 5 atom stereocenters. The van der Waals surface area contributed by atoms with Crippen LogP contribution in [0.4, 0.5) is 0 Å². The monoisotopic (exact) mass is 369 g/mol. The normalized spacial score (nSPS) is 41.6. The van der Waals surface area contributed by atoms with Gasteiger partial charge in [0.1, 0.15) is 5.75 Å². The van der Waals surface area contributed by atoms with Gasteiger partial charge in [0.05, 0.1) is 5.60 Å². The van der Waals surface area contributed by atoms with Gasteiger partial charge in [-0.15, -0.1) is 0 Å². The fourth-order valence-corrected chi connectivity index (χ4v) is 7.43. The minimum atomic E-state index is -0.505. The molecule has 3 aliphatic carbocycles. The lowest BCUT2D eigenvalue weighted by Crippen LogP contribution is -2.56. The Morgan fingerprint density at radius 1 is 1.07 bits per heavy atom. The zero-order valence-corrected chi connectivity index (χ0v) is 16.8. The van der Waals surface area contributed by atoms with Crippen molar-refractivity contribution in [3.63, 3.8) is 0 Å². The van der Waals surface area contributed by atoms with Gasteiger partial charge < -0.3 is 15.1 Å². The average molecular weight is 370 g/mol. The van der Waals surface area contributed by atoms with Crippen LogP contribution in [-0.2, 0) is 6.42 Å². The number of aromatic hydroxyl groups is 1. The number of phenols is 1. The highest BCUT2D eigenvalue weighted by atomic mass is 16.3. The van der Waals surface area contributed by atoms with E-state index in [1.165, 1.54) is 62.7 Å². The summed E-state index contributed by atoms with van der Waals surface area (Å²) in [6.45, 7) is 5.65. The molecule has 3 nitrogen and oxygen atoms in total. The van der Waals surface area contributed by atoms with E-state index in [0.717, 1.165) is 25.8 Å². The molecule has 0 aromatic heterocycles. The van der Waals surface area contributed by atoms with Crippen molar-refractivity contribution < 1.29 is 10.2 Å². The molecule has 27 heavy (non-hydrogen) atoms. The first-order valence-corrected chi connectivity index (χ1v) is 11.3. The fourth-order valence-electron chi connectivity index (χ4n) is 7.43. The summed E-state index contributed by atoms with van der Waals surface area (Å²) in [6, 6.07) is 6.04. The number of nitrogens with zero attached hydrogens (tertiary/aromatic N) is 1. The van der Waals surface area contributed by atoms with Crippen LogP contribution < -0.4 is 0 Å². The minimum Gasteiger partial charge on any atom is -0.508 e. The number of aliphatic hydroxyl groups is 1. The summed E-state index contributed by atoms with van der Waals surface area (Å²) in [4.78, 5) is 2.54. The first-order chi connectivity index (χ1) is 13.0. The van der Waals surface area contributed by atoms with Gasteiger partial charge in [0.25, 0.3) is 0 Å². The Balaban J connectivity index is 1.40. The van der Waals surface area contributed by atoms with Crippen molar-refractivity contribution in [3.8, 4) is 5.75 Å². The maximum Gasteiger partial charge on any atom is 0.115 e. The molecule has 0 radical (unpaired) electrons. The number of phenolic OH excluding ortho intramolecular Hbond substituents is 1. The van der Waals surface area contributed by atoms with E-state index in [9.17, 15) is 10.2 Å². The van der Waals surface area contributed by atoms with E-state index >= 15 is 0 Å². The third-order valence-corrected chi connectivity index (χ3v) is 8.97. The number of β-amino-alcohol motifs (C(OH)–C–C–N with tert-alkyl or cyclic N) is 1. The molecule has 1 aromatic carbocycles. The lowest BCUT2D eigenvalue weighted by atomic mass is 9.53. The van der Waals surface area contributed by atoms with Crippen LogP contribution in [0.1, 0.15) is 75.3 Å². The van der Waals surface area contributed by atoms with E-state index in [0.29, 0.717) is 23.5 Å². The Labute approximate surface area is 163 Å². The van der Waals surface area contributed by atoms with Gasteiger partial charge in [0, 0.05) is 12.0 Å². The SMILES string of the molecule is C[C@]12CC[C@@H]3c4ccc(O)cc4CC[C@H]3[C@@H]1CCC2(O)CN1CCCCC1. The second-order valence-corrected chi connectivity index (χ2v) is 10.2. The Morgan fingerprint density at radius 2 is 1.89 bits per heavy atom. The molecule has 148 valence electrons. The summed E-state index contributed by atoms with van der Waals surface area (Å²) in [7, 11) is 0. The number of benzene rings is 1. The van der Waals surface area contributed by atoms with Gasteiger partial charge in [-0.1, -0.05) is 19.4 Å². The molecule has 0 spiro atoms. The number of rotatable bonds is 2. The molecule has 3 heteroatoms. The van der Waals surface area contributed by atoms with E-state index in [1.807, 2.05) is 12.1 Å². The van der Waals surface area contributed by atoms with Crippen LogP contribution in [0.25, 0.3) is 0 Å². The van der Waals surface area contributed by atoms with E-state index in [1.54, 1.807) is 0 Å². The molecular weight excluding hydrogens is 334 g/mol. The topological polar surface area (TPSA) is 43.7 Å². The average Bonchev–Trinajstić information content (AvgIpc) is 2.93. The molecule has 5 rings (SSSR count). The van der Waals surface area contributed by atoms with Gasteiger partial charge in [-0.05, 0) is 105 Å². The van der Waals surface area contributed by atoms with Crippen molar-refractivity contribution in [3.05, 3.63) is 29.3 Å². The quantitative estimate of drug-likeness (QED) is 0.809. The van der Waals surface area contributed by atoms with Crippen LogP contribution in [0.15, 0.2) is 18.2 Å². The molecule has 0 bridgehead atoms. The van der Waals surface area contributed by atoms with E-state index in [4.69, 9.17) is 0 Å². The molecule has 1 aromatic rings. The van der Waals surface area contributed by atoms with Gasteiger partial charge in [0.2, 0.25) is 0 Å². The molecule has 1 unspecified atom stereocenters. The number of aryl methyl sites for hydroxylation is 1. The van der Waals surface area contributed by atoms with Crippen molar-refractivity contribution in [1.82, 2.24) is 4.90 Å². The highest BCUT2D eigenvalue weighted by molar-refractivity contribution is 5.40. The molecule has 0 amide bonds. The van der Waals surface area contributed by atoms with Crippen molar-refractivity contribution >= 4 is 0 Å². The molecule has 1 aliphatic heterocycles. The predicted molar refractivity (Wildman–Crippen MR) is 108 cm³/mol. The van der Waals surface area contributed by atoms with Crippen LogP contribution >= 0.6 is 0 Å². The second kappa shape index (κ2) is 6.49. The number of likely N-dealkylation sites (tertiary alicyclic amines) is 1. The lowest BCUT2D eigenvalue weighted by Gasteiger charge is -2.54. The summed E-state index contributed by atoms with van der Waals surface area (Å²) in [6.07, 6.45) is 10.8. The van der Waals surface area contributed by atoms with Crippen LogP contribution in [-0.4, -0.2) is 40.3 Å². The molecule has 1 heterocycles. The first kappa shape index (κ1) is 18.0. The number of fused-ring (bicyclic) bond motifs is 5. The number of hydrogen-bond acceptors (Lipinski definition) is 3. The summed E-state index contributed by atoms with van der Waals surface area (Å²) in [5.74, 6) is 2.39. The van der Waals surface area contributed by atoms with E-state index in [2.05, 4.69) is 17.9 Å². The molecule has 1 saturated heterocycles. The summed E-state index contributed by atoms with van der Waals surface area (Å²) < 4.78 is 0. The first-order valence-electron chi connectivity index (χ1n) is 11.3. The van der Waals surface area contributed by atoms with Gasteiger partial charge in [-0.25, -0.2) is 0 Å². The summed E-state index contributed by atoms with van der Waals surface area (Å²) in [5, 5.41) is 21.7. The number of piperidine rings is 1. The van der Waals surface area contributed by atoms with Crippen LogP contribution in [0.5, 0.6) is 5.75 Å². The van der Waals surface area contributed by atoms with E-state index < -0.39 is 5.60 Å². The predicted octanol–water partition coefficient (Wildman–Crippen LogP) is 4.47. The van der Waals surface area contributed by atoms with Crippen LogP contribution in [0.3, 0.4) is 0 Å². The Bertz CT molecular complexity index is 712.